The smallest absolute Gasteiger partial charge is 0.308 e. The van der Waals surface area contributed by atoms with Gasteiger partial charge in [0.05, 0.1) is 0 Å². The number of hydrogen-bond acceptors (Lipinski definition) is 4. The van der Waals surface area contributed by atoms with Gasteiger partial charge in [-0.25, -0.2) is 4.79 Å². The van der Waals surface area contributed by atoms with Gasteiger partial charge in [-0.1, -0.05) is 29.0 Å². The Morgan fingerprint density at radius 3 is 2.41 bits per heavy atom. The Balaban J connectivity index is 1.95. The topological polar surface area (TPSA) is 66.9 Å². The molecular formula is C11H12N4OS. The van der Waals surface area contributed by atoms with E-state index >= 15 is 0 Å². The van der Waals surface area contributed by atoms with Gasteiger partial charge in [0, 0.05) is 5.69 Å². The maximum absolute atomic E-state index is 11.6. The third-order valence-corrected chi connectivity index (χ3v) is 2.81. The molecule has 6 heteroatoms. The minimum Gasteiger partial charge on any atom is -0.308 e. The van der Waals surface area contributed by atoms with Crippen LogP contribution in [0.1, 0.15) is 10.6 Å². The van der Waals surface area contributed by atoms with Gasteiger partial charge in [0.25, 0.3) is 0 Å². The first kappa shape index (κ1) is 11.5. The van der Waals surface area contributed by atoms with Crippen molar-refractivity contribution in [3.8, 4) is 0 Å². The van der Waals surface area contributed by atoms with Crippen molar-refractivity contribution in [2.75, 3.05) is 10.6 Å². The zero-order chi connectivity index (χ0) is 12.3. The Bertz CT molecular complexity index is 521. The quantitative estimate of drug-likeness (QED) is 0.858. The zero-order valence-corrected chi connectivity index (χ0v) is 10.3. The average molecular weight is 248 g/mol. The van der Waals surface area contributed by atoms with Gasteiger partial charge in [-0.15, -0.1) is 10.2 Å². The first-order valence-electron chi connectivity index (χ1n) is 5.08. The van der Waals surface area contributed by atoms with Crippen LogP contribution in [-0.4, -0.2) is 16.2 Å². The molecule has 1 heterocycles. The van der Waals surface area contributed by atoms with Crippen LogP contribution in [0.15, 0.2) is 24.3 Å². The Kier molecular flexibility index (Phi) is 3.34. The van der Waals surface area contributed by atoms with E-state index in [1.807, 2.05) is 38.1 Å². The lowest BCUT2D eigenvalue weighted by Gasteiger charge is -2.04. The van der Waals surface area contributed by atoms with E-state index in [4.69, 9.17) is 0 Å². The molecule has 0 aliphatic heterocycles. The minimum atomic E-state index is -0.315. The fourth-order valence-electron chi connectivity index (χ4n) is 1.24. The summed E-state index contributed by atoms with van der Waals surface area (Å²) in [5.74, 6) is 0. The molecule has 0 bridgehead atoms. The molecule has 88 valence electrons. The van der Waals surface area contributed by atoms with Gasteiger partial charge in [0.2, 0.25) is 5.13 Å². The molecule has 1 aromatic heterocycles. The fourth-order valence-corrected chi connectivity index (χ4v) is 1.83. The number of aryl methyl sites for hydroxylation is 2. The van der Waals surface area contributed by atoms with E-state index in [2.05, 4.69) is 20.8 Å². The number of nitrogens with zero attached hydrogens (tertiary/aromatic N) is 2. The highest BCUT2D eigenvalue weighted by Gasteiger charge is 2.05. The summed E-state index contributed by atoms with van der Waals surface area (Å²) in [6.07, 6.45) is 0. The van der Waals surface area contributed by atoms with Crippen LogP contribution < -0.4 is 10.6 Å². The molecule has 2 aromatic rings. The van der Waals surface area contributed by atoms with Gasteiger partial charge in [0.15, 0.2) is 0 Å². The summed E-state index contributed by atoms with van der Waals surface area (Å²) in [5, 5.41) is 14.3. The molecule has 0 radical (unpaired) electrons. The molecule has 2 rings (SSSR count). The van der Waals surface area contributed by atoms with Crippen LogP contribution in [-0.2, 0) is 0 Å². The SMILES string of the molecule is Cc1ccc(NC(=O)Nc2nnc(C)s2)cc1. The lowest BCUT2D eigenvalue weighted by molar-refractivity contribution is 0.262. The Morgan fingerprint density at radius 2 is 1.82 bits per heavy atom. The molecule has 0 spiro atoms. The number of benzene rings is 1. The molecule has 0 atom stereocenters. The molecule has 0 fully saturated rings. The van der Waals surface area contributed by atoms with Crippen LogP contribution in [0.5, 0.6) is 0 Å². The van der Waals surface area contributed by atoms with Gasteiger partial charge < -0.3 is 5.32 Å². The maximum Gasteiger partial charge on any atom is 0.325 e. The van der Waals surface area contributed by atoms with E-state index in [1.165, 1.54) is 11.3 Å². The number of rotatable bonds is 2. The van der Waals surface area contributed by atoms with Crippen LogP contribution in [0.4, 0.5) is 15.6 Å². The second-order valence-electron chi connectivity index (χ2n) is 3.57. The van der Waals surface area contributed by atoms with Gasteiger partial charge in [-0.3, -0.25) is 5.32 Å². The van der Waals surface area contributed by atoms with Crippen LogP contribution in [0.25, 0.3) is 0 Å². The van der Waals surface area contributed by atoms with Crippen LogP contribution in [0.3, 0.4) is 0 Å². The summed E-state index contributed by atoms with van der Waals surface area (Å²) in [7, 11) is 0. The van der Waals surface area contributed by atoms with Gasteiger partial charge >= 0.3 is 6.03 Å². The number of carbonyl (C=O) groups excluding carboxylic acids is 1. The highest BCUT2D eigenvalue weighted by Crippen LogP contribution is 2.14. The number of anilines is 2. The second kappa shape index (κ2) is 4.92. The number of aromatic nitrogens is 2. The predicted molar refractivity (Wildman–Crippen MR) is 68.5 cm³/mol. The highest BCUT2D eigenvalue weighted by molar-refractivity contribution is 7.15. The maximum atomic E-state index is 11.6. The van der Waals surface area contributed by atoms with E-state index < -0.39 is 0 Å². The summed E-state index contributed by atoms with van der Waals surface area (Å²) in [6.45, 7) is 3.83. The van der Waals surface area contributed by atoms with Crippen molar-refractivity contribution in [2.24, 2.45) is 0 Å². The van der Waals surface area contributed by atoms with E-state index in [0.29, 0.717) is 5.13 Å². The van der Waals surface area contributed by atoms with Crippen LogP contribution in [0.2, 0.25) is 0 Å². The van der Waals surface area contributed by atoms with Crippen LogP contribution >= 0.6 is 11.3 Å². The van der Waals surface area contributed by atoms with E-state index in [-0.39, 0.29) is 6.03 Å². The molecule has 5 nitrogen and oxygen atoms in total. The summed E-state index contributed by atoms with van der Waals surface area (Å²) in [6, 6.07) is 7.25. The van der Waals surface area contributed by atoms with Gasteiger partial charge in [-0.2, -0.15) is 0 Å². The summed E-state index contributed by atoms with van der Waals surface area (Å²) < 4.78 is 0. The molecular weight excluding hydrogens is 236 g/mol. The van der Waals surface area contributed by atoms with E-state index in [1.54, 1.807) is 0 Å². The third kappa shape index (κ3) is 3.25. The standard InChI is InChI=1S/C11H12N4OS/c1-7-3-5-9(6-4-7)12-10(16)13-11-15-14-8(2)17-11/h3-6H,1-2H3,(H2,12,13,15,16). The number of urea groups is 1. The lowest BCUT2D eigenvalue weighted by atomic mass is 10.2. The molecule has 1 aromatic carbocycles. The number of amides is 2. The van der Waals surface area contributed by atoms with E-state index in [0.717, 1.165) is 16.3 Å². The molecule has 0 saturated carbocycles. The number of nitrogens with one attached hydrogen (secondary N) is 2. The largest absolute Gasteiger partial charge is 0.325 e. The predicted octanol–water partition coefficient (Wildman–Crippen LogP) is 2.80. The molecule has 0 unspecified atom stereocenters. The van der Waals surface area contributed by atoms with Crippen molar-refractivity contribution in [1.82, 2.24) is 10.2 Å². The van der Waals surface area contributed by atoms with Crippen LogP contribution in [0, 0.1) is 13.8 Å². The minimum absolute atomic E-state index is 0.315. The molecule has 0 aliphatic rings. The van der Waals surface area contributed by atoms with Gasteiger partial charge in [0.1, 0.15) is 5.01 Å². The Hall–Kier alpha value is -1.95. The van der Waals surface area contributed by atoms with Crippen molar-refractivity contribution in [2.45, 2.75) is 13.8 Å². The molecule has 17 heavy (non-hydrogen) atoms. The number of hydrogen-bond donors (Lipinski definition) is 2. The monoisotopic (exact) mass is 248 g/mol. The summed E-state index contributed by atoms with van der Waals surface area (Å²) in [4.78, 5) is 11.6. The van der Waals surface area contributed by atoms with Crippen molar-refractivity contribution < 1.29 is 4.79 Å². The van der Waals surface area contributed by atoms with Crippen molar-refractivity contribution >= 4 is 28.2 Å². The number of carbonyl (C=O) groups is 1. The normalized spacial score (nSPS) is 10.0. The van der Waals surface area contributed by atoms with Crippen molar-refractivity contribution in [3.63, 3.8) is 0 Å². The first-order chi connectivity index (χ1) is 8.13. The van der Waals surface area contributed by atoms with E-state index in [9.17, 15) is 4.79 Å². The lowest BCUT2D eigenvalue weighted by Crippen LogP contribution is -2.19. The molecule has 2 amide bonds. The molecule has 0 saturated heterocycles. The summed E-state index contributed by atoms with van der Waals surface area (Å²) in [5.41, 5.74) is 1.89. The van der Waals surface area contributed by atoms with Crippen molar-refractivity contribution in [1.29, 1.82) is 0 Å². The summed E-state index contributed by atoms with van der Waals surface area (Å²) >= 11 is 1.33. The Morgan fingerprint density at radius 1 is 1.12 bits per heavy atom. The Labute approximate surface area is 103 Å². The zero-order valence-electron chi connectivity index (χ0n) is 9.52. The third-order valence-electron chi connectivity index (χ3n) is 2.06. The second-order valence-corrected chi connectivity index (χ2v) is 4.75. The average Bonchev–Trinajstić information content (AvgIpc) is 2.67. The van der Waals surface area contributed by atoms with Gasteiger partial charge in [-0.05, 0) is 26.0 Å². The van der Waals surface area contributed by atoms with Crippen molar-refractivity contribution in [3.05, 3.63) is 34.8 Å². The first-order valence-corrected chi connectivity index (χ1v) is 5.90. The highest BCUT2D eigenvalue weighted by atomic mass is 32.1. The fraction of sp³-hybridized carbons (Fsp3) is 0.182. The molecule has 0 aliphatic carbocycles. The molecule has 2 N–H and O–H groups in total.